The molecule has 185 valence electrons. The molecule has 0 heterocycles. The molecule has 0 radical (unpaired) electrons. The van der Waals surface area contributed by atoms with Crippen LogP contribution in [0, 0.1) is 11.8 Å². The zero-order valence-electron chi connectivity index (χ0n) is 21.2. The number of nitrogens with zero attached hydrogens (tertiary/aromatic N) is 2. The summed E-state index contributed by atoms with van der Waals surface area (Å²) >= 11 is 5.49. The fraction of sp³-hybridized carbons (Fsp3) is 0.484. The Balaban J connectivity index is 2.11. The van der Waals surface area contributed by atoms with E-state index in [1.807, 2.05) is 64.3 Å². The number of hydrogen-bond acceptors (Lipinski definition) is 1. The number of aliphatic imine (C=N–C) groups is 1. The van der Waals surface area contributed by atoms with Crippen LogP contribution in [-0.2, 0) is 15.7 Å². The molecular formula is C31H42N2Ni+. The quantitative estimate of drug-likeness (QED) is 0.100. The van der Waals surface area contributed by atoms with E-state index in [1.165, 1.54) is 51.4 Å². The van der Waals surface area contributed by atoms with E-state index in [0.717, 1.165) is 54.9 Å². The molecule has 0 saturated carbocycles. The van der Waals surface area contributed by atoms with Gasteiger partial charge in [-0.05, 0) is 0 Å². The molecule has 0 atom stereocenters. The van der Waals surface area contributed by atoms with E-state index in [0.29, 0.717) is 0 Å². The second-order valence-electron chi connectivity index (χ2n) is 8.82. The normalized spacial score (nSPS) is 12.2. The minimum absolute atomic E-state index is 0.861. The Morgan fingerprint density at radius 1 is 0.735 bits per heavy atom. The van der Waals surface area contributed by atoms with Crippen molar-refractivity contribution >= 4 is 22.8 Å². The molecule has 0 N–H and O–H groups in total. The van der Waals surface area contributed by atoms with Crippen LogP contribution in [0.4, 0.5) is 11.4 Å². The number of unbranched alkanes of at least 4 members (excludes halogenated alkanes) is 10. The van der Waals surface area contributed by atoms with Crippen molar-refractivity contribution in [2.24, 2.45) is 4.99 Å². The molecule has 0 aliphatic carbocycles. The third-order valence-corrected chi connectivity index (χ3v) is 6.30. The molecule has 0 unspecified atom stereocenters. The number of para-hydroxylation sites is 2. The Morgan fingerprint density at radius 2 is 1.29 bits per heavy atom. The summed E-state index contributed by atoms with van der Waals surface area (Å²) < 4.78 is 1.83. The standard InChI is InChI=1S/C31H42N2.Ni/c1-3-5-7-8-9-10-11-12-13-14-21-27-31(33-29-24-19-16-20-25-29)30(26-6-4-2)32-28-22-17-15-18-23-28;/h15-20,22-25H,3-14,26H2,1-2H3;/q;+1. The van der Waals surface area contributed by atoms with Crippen LogP contribution < -0.4 is 0 Å². The SMILES string of the molecule is CCCCCCCCCCCC#CC(C(CCCC)=Nc1ccccc1)=[N+]([Ni])c1ccccc1. The molecule has 0 aromatic heterocycles. The molecule has 2 rings (SSSR count). The van der Waals surface area contributed by atoms with Crippen molar-refractivity contribution in [3.63, 3.8) is 0 Å². The first-order valence-corrected chi connectivity index (χ1v) is 13.7. The topological polar surface area (TPSA) is 15.4 Å². The van der Waals surface area contributed by atoms with Crippen LogP contribution in [0.15, 0.2) is 65.7 Å². The maximum atomic E-state index is 5.49. The number of hydrogen-bond donors (Lipinski definition) is 0. The average molecular weight is 501 g/mol. The van der Waals surface area contributed by atoms with Gasteiger partial charge in [0.25, 0.3) is 0 Å². The van der Waals surface area contributed by atoms with E-state index in [-0.39, 0.29) is 0 Å². The number of benzene rings is 2. The van der Waals surface area contributed by atoms with Crippen molar-refractivity contribution in [1.82, 2.24) is 0 Å². The predicted molar refractivity (Wildman–Crippen MR) is 144 cm³/mol. The molecule has 0 fully saturated rings. The van der Waals surface area contributed by atoms with Gasteiger partial charge in [0, 0.05) is 0 Å². The summed E-state index contributed by atoms with van der Waals surface area (Å²) in [5.74, 6) is 6.87. The Morgan fingerprint density at radius 3 is 1.91 bits per heavy atom. The van der Waals surface area contributed by atoms with E-state index in [9.17, 15) is 0 Å². The Bertz CT molecular complexity index is 920. The van der Waals surface area contributed by atoms with E-state index >= 15 is 0 Å². The summed E-state index contributed by atoms with van der Waals surface area (Å²) in [6.45, 7) is 4.48. The Hall–Kier alpha value is -2.17. The van der Waals surface area contributed by atoms with Gasteiger partial charge in [-0.25, -0.2) is 0 Å². The molecule has 0 aliphatic rings. The van der Waals surface area contributed by atoms with E-state index in [2.05, 4.69) is 25.7 Å². The Labute approximate surface area is 216 Å². The fourth-order valence-electron chi connectivity index (χ4n) is 3.80. The summed E-state index contributed by atoms with van der Waals surface area (Å²) in [4.78, 5) is 4.99. The monoisotopic (exact) mass is 500 g/mol. The average Bonchev–Trinajstić information content (AvgIpc) is 2.88. The van der Waals surface area contributed by atoms with Crippen LogP contribution in [0.3, 0.4) is 0 Å². The molecule has 2 aromatic carbocycles. The molecule has 0 spiro atoms. The van der Waals surface area contributed by atoms with Crippen molar-refractivity contribution in [3.05, 3.63) is 60.7 Å². The first-order chi connectivity index (χ1) is 16.8. The first kappa shape index (κ1) is 28.1. The van der Waals surface area contributed by atoms with Crippen molar-refractivity contribution in [2.45, 2.75) is 97.3 Å². The zero-order valence-corrected chi connectivity index (χ0v) is 22.2. The van der Waals surface area contributed by atoms with Gasteiger partial charge < -0.3 is 0 Å². The van der Waals surface area contributed by atoms with Gasteiger partial charge in [0.1, 0.15) is 0 Å². The third-order valence-electron chi connectivity index (χ3n) is 5.82. The van der Waals surface area contributed by atoms with Gasteiger partial charge in [0.2, 0.25) is 0 Å². The second-order valence-corrected chi connectivity index (χ2v) is 9.26. The summed E-state index contributed by atoms with van der Waals surface area (Å²) in [6, 6.07) is 20.3. The Kier molecular flexibility index (Phi) is 15.0. The fourth-order valence-corrected chi connectivity index (χ4v) is 4.13. The summed E-state index contributed by atoms with van der Waals surface area (Å²) in [5.41, 5.74) is 3.78. The van der Waals surface area contributed by atoms with Crippen molar-refractivity contribution in [1.29, 1.82) is 0 Å². The summed E-state index contributed by atoms with van der Waals surface area (Å²) in [6.07, 6.45) is 15.9. The third kappa shape index (κ3) is 11.3. The van der Waals surface area contributed by atoms with Gasteiger partial charge >= 0.3 is 197 Å². The van der Waals surface area contributed by atoms with Crippen molar-refractivity contribution < 1.29 is 19.3 Å². The molecule has 2 aromatic rings. The van der Waals surface area contributed by atoms with Crippen LogP contribution in [0.25, 0.3) is 0 Å². The van der Waals surface area contributed by atoms with Gasteiger partial charge in [-0.3, -0.25) is 0 Å². The molecule has 34 heavy (non-hydrogen) atoms. The zero-order chi connectivity index (χ0) is 24.3. The molecule has 0 bridgehead atoms. The molecular weight excluding hydrogens is 459 g/mol. The van der Waals surface area contributed by atoms with Crippen LogP contribution >= 0.6 is 0 Å². The second kappa shape index (κ2) is 18.2. The summed E-state index contributed by atoms with van der Waals surface area (Å²) in [7, 11) is 0. The maximum absolute atomic E-state index is 5.49. The van der Waals surface area contributed by atoms with Crippen LogP contribution in [0.5, 0.6) is 0 Å². The molecule has 0 aliphatic heterocycles. The van der Waals surface area contributed by atoms with Gasteiger partial charge in [-0.1, -0.05) is 19.8 Å². The predicted octanol–water partition coefficient (Wildman–Crippen LogP) is 9.12. The van der Waals surface area contributed by atoms with Crippen LogP contribution in [0.1, 0.15) is 97.3 Å². The van der Waals surface area contributed by atoms with Gasteiger partial charge in [-0.2, -0.15) is 0 Å². The first-order valence-electron chi connectivity index (χ1n) is 13.2. The minimum atomic E-state index is 0.861. The summed E-state index contributed by atoms with van der Waals surface area (Å²) in [5, 5.41) is 0. The van der Waals surface area contributed by atoms with Crippen LogP contribution in [-0.4, -0.2) is 15.1 Å². The van der Waals surface area contributed by atoms with Gasteiger partial charge in [0.15, 0.2) is 0 Å². The molecule has 3 heteroatoms. The van der Waals surface area contributed by atoms with E-state index in [1.54, 1.807) is 0 Å². The van der Waals surface area contributed by atoms with Gasteiger partial charge in [-0.15, -0.1) is 0 Å². The molecule has 0 amide bonds. The van der Waals surface area contributed by atoms with Crippen molar-refractivity contribution in [3.8, 4) is 11.8 Å². The van der Waals surface area contributed by atoms with Crippen molar-refractivity contribution in [2.75, 3.05) is 0 Å². The van der Waals surface area contributed by atoms with Gasteiger partial charge in [0.05, 0.1) is 0 Å². The van der Waals surface area contributed by atoms with E-state index in [4.69, 9.17) is 20.7 Å². The van der Waals surface area contributed by atoms with E-state index < -0.39 is 0 Å². The molecule has 0 saturated heterocycles. The van der Waals surface area contributed by atoms with Crippen LogP contribution in [0.2, 0.25) is 0 Å². The molecule has 2 nitrogen and oxygen atoms in total. The number of rotatable bonds is 15.